The summed E-state index contributed by atoms with van der Waals surface area (Å²) in [7, 11) is 2.48. The lowest BCUT2D eigenvalue weighted by Gasteiger charge is -2.25. The second kappa shape index (κ2) is 12.5. The summed E-state index contributed by atoms with van der Waals surface area (Å²) in [6.07, 6.45) is 10.0. The molecule has 1 amide bonds. The summed E-state index contributed by atoms with van der Waals surface area (Å²) in [5, 5.41) is 1.20. The number of anilines is 1. The van der Waals surface area contributed by atoms with Gasteiger partial charge >= 0.3 is 0 Å². The Morgan fingerprint density at radius 1 is 1.10 bits per heavy atom. The quantitative estimate of drug-likeness (QED) is 0.196. The summed E-state index contributed by atoms with van der Waals surface area (Å²) >= 11 is 10.2. The number of benzene rings is 2. The smallest absolute Gasteiger partial charge is 0.247 e. The van der Waals surface area contributed by atoms with E-state index < -0.39 is 10.0 Å². The fourth-order valence-electron chi connectivity index (χ4n) is 4.03. The van der Waals surface area contributed by atoms with E-state index in [4.69, 9.17) is 25.8 Å². The first-order valence-electron chi connectivity index (χ1n) is 12.1. The van der Waals surface area contributed by atoms with Gasteiger partial charge in [0.1, 0.15) is 30.0 Å². The maximum absolute atomic E-state index is 13.9. The maximum Gasteiger partial charge on any atom is 0.247 e. The number of hydrogen-bond donors (Lipinski definition) is 0. The monoisotopic (exact) mass is 634 g/mol. The molecule has 2 aromatic carbocycles. The van der Waals surface area contributed by atoms with Crippen molar-refractivity contribution in [2.24, 2.45) is 0 Å². The normalized spacial score (nSPS) is 11.9. The van der Waals surface area contributed by atoms with Crippen LogP contribution in [-0.4, -0.2) is 65.8 Å². The molecule has 39 heavy (non-hydrogen) atoms. The van der Waals surface area contributed by atoms with Gasteiger partial charge in [-0.25, -0.2) is 20.0 Å². The summed E-state index contributed by atoms with van der Waals surface area (Å²) in [6, 6.07) is 12.8. The van der Waals surface area contributed by atoms with Gasteiger partial charge in [-0.05, 0) is 59.0 Å². The fraction of sp³-hybridized carbons (Fsp3) is 0.321. The van der Waals surface area contributed by atoms with Crippen LogP contribution in [0.5, 0.6) is 17.4 Å². The van der Waals surface area contributed by atoms with E-state index >= 15 is 0 Å². The van der Waals surface area contributed by atoms with Crippen molar-refractivity contribution in [3.05, 3.63) is 70.0 Å². The molecule has 4 rings (SSSR count). The highest BCUT2D eigenvalue weighted by Gasteiger charge is 2.23. The second-order valence-electron chi connectivity index (χ2n) is 9.73. The zero-order chi connectivity index (χ0) is 28.2. The molecular weight excluding hydrogens is 604 g/mol. The van der Waals surface area contributed by atoms with Gasteiger partial charge in [-0.1, -0.05) is 23.7 Å². The number of para-hydroxylation sites is 1. The molecule has 2 heterocycles. The number of halogens is 2. The van der Waals surface area contributed by atoms with Crippen molar-refractivity contribution in [2.45, 2.75) is 13.1 Å². The van der Waals surface area contributed by atoms with Crippen molar-refractivity contribution in [1.29, 1.82) is 0 Å². The van der Waals surface area contributed by atoms with Crippen LogP contribution in [0.25, 0.3) is 11.0 Å². The van der Waals surface area contributed by atoms with E-state index in [9.17, 15) is 4.79 Å². The van der Waals surface area contributed by atoms with Crippen molar-refractivity contribution in [1.82, 2.24) is 14.5 Å². The van der Waals surface area contributed by atoms with E-state index in [1.54, 1.807) is 35.8 Å². The van der Waals surface area contributed by atoms with Gasteiger partial charge in [-0.2, -0.15) is 0 Å². The third-order valence-electron chi connectivity index (χ3n) is 6.08. The number of rotatable bonds is 11. The summed E-state index contributed by atoms with van der Waals surface area (Å²) < 4.78 is 19.5. The highest BCUT2D eigenvalue weighted by atomic mass is 79.9. The van der Waals surface area contributed by atoms with E-state index in [1.165, 1.54) is 6.33 Å². The summed E-state index contributed by atoms with van der Waals surface area (Å²) in [6.45, 7) is 0.828. The average Bonchev–Trinajstić information content (AvgIpc) is 3.22. The largest absolute Gasteiger partial charge is 0.497 e. The number of ether oxygens (including phenoxy) is 3. The van der Waals surface area contributed by atoms with Crippen LogP contribution in [0.15, 0.2) is 59.5 Å². The van der Waals surface area contributed by atoms with Crippen LogP contribution < -0.4 is 19.1 Å². The predicted molar refractivity (Wildman–Crippen MR) is 163 cm³/mol. The second-order valence-corrected chi connectivity index (χ2v) is 15.6. The number of methoxy groups -OCH3 is 2. The molecule has 0 fully saturated rings. The van der Waals surface area contributed by atoms with Crippen LogP contribution in [0.2, 0.25) is 5.02 Å². The number of carbonyl (C=O) groups excluding carboxylic acids is 1. The third kappa shape index (κ3) is 6.98. The first-order valence-corrected chi connectivity index (χ1v) is 16.3. The average molecular weight is 636 g/mol. The van der Waals surface area contributed by atoms with Gasteiger partial charge in [0.05, 0.1) is 47.9 Å². The van der Waals surface area contributed by atoms with E-state index in [0.717, 1.165) is 21.2 Å². The van der Waals surface area contributed by atoms with Gasteiger partial charge in [-0.3, -0.25) is 4.79 Å². The van der Waals surface area contributed by atoms with E-state index in [2.05, 4.69) is 44.7 Å². The van der Waals surface area contributed by atoms with Crippen molar-refractivity contribution in [2.75, 3.05) is 50.2 Å². The Balaban J connectivity index is 1.66. The lowest BCUT2D eigenvalue weighted by Crippen LogP contribution is -2.33. The highest BCUT2D eigenvalue weighted by Crippen LogP contribution is 2.36. The van der Waals surface area contributed by atoms with Gasteiger partial charge in [0.15, 0.2) is 0 Å². The van der Waals surface area contributed by atoms with Crippen LogP contribution in [-0.2, 0) is 17.9 Å². The SMILES string of the molecule is COc1ccc(CN(C(=O)Cn2cc(Br)c3c(OCCS(C)(C)C)ncnc32)c2ccccc2Cl)c(OC)c1. The molecular formula is C28H32BrClN4O4S. The lowest BCUT2D eigenvalue weighted by atomic mass is 10.1. The molecule has 0 atom stereocenters. The maximum atomic E-state index is 13.9. The Morgan fingerprint density at radius 2 is 1.87 bits per heavy atom. The Labute approximate surface area is 243 Å². The Kier molecular flexibility index (Phi) is 9.30. The molecule has 11 heteroatoms. The topological polar surface area (TPSA) is 78.7 Å². The molecule has 0 saturated carbocycles. The van der Waals surface area contributed by atoms with Crippen LogP contribution in [0, 0.1) is 0 Å². The Hall–Kier alpha value is -2.95. The van der Waals surface area contributed by atoms with E-state index in [1.807, 2.05) is 36.5 Å². The molecule has 8 nitrogen and oxygen atoms in total. The van der Waals surface area contributed by atoms with E-state index in [-0.39, 0.29) is 19.0 Å². The fourth-order valence-corrected chi connectivity index (χ4v) is 5.45. The summed E-state index contributed by atoms with van der Waals surface area (Å²) in [4.78, 5) is 24.4. The number of nitrogens with zero attached hydrogens (tertiary/aromatic N) is 4. The Bertz CT molecular complexity index is 1470. The zero-order valence-corrected chi connectivity index (χ0v) is 25.8. The molecule has 208 valence electrons. The minimum absolute atomic E-state index is 0.0222. The Morgan fingerprint density at radius 3 is 2.56 bits per heavy atom. The van der Waals surface area contributed by atoms with Gasteiger partial charge in [-0.15, -0.1) is 0 Å². The number of fused-ring (bicyclic) bond motifs is 1. The number of amides is 1. The molecule has 0 aliphatic carbocycles. The first-order chi connectivity index (χ1) is 18.6. The van der Waals surface area contributed by atoms with Crippen LogP contribution in [0.1, 0.15) is 5.56 Å². The van der Waals surface area contributed by atoms with E-state index in [0.29, 0.717) is 40.3 Å². The van der Waals surface area contributed by atoms with Gasteiger partial charge < -0.3 is 23.7 Å². The summed E-state index contributed by atoms with van der Waals surface area (Å²) in [5.74, 6) is 2.55. The molecule has 0 N–H and O–H groups in total. The van der Waals surface area contributed by atoms with Crippen LogP contribution in [0.3, 0.4) is 0 Å². The molecule has 0 spiro atoms. The van der Waals surface area contributed by atoms with Crippen molar-refractivity contribution in [3.63, 3.8) is 0 Å². The van der Waals surface area contributed by atoms with Gasteiger partial charge in [0.25, 0.3) is 0 Å². The van der Waals surface area contributed by atoms with Crippen molar-refractivity contribution < 1.29 is 19.0 Å². The molecule has 4 aromatic rings. The minimum Gasteiger partial charge on any atom is -0.497 e. The van der Waals surface area contributed by atoms with Gasteiger partial charge in [0, 0.05) is 23.6 Å². The molecule has 0 saturated heterocycles. The minimum atomic E-state index is -0.705. The lowest BCUT2D eigenvalue weighted by molar-refractivity contribution is -0.119. The number of hydrogen-bond acceptors (Lipinski definition) is 6. The molecule has 0 bridgehead atoms. The van der Waals surface area contributed by atoms with Crippen LogP contribution in [0.4, 0.5) is 5.69 Å². The molecule has 0 unspecified atom stereocenters. The molecule has 0 aliphatic heterocycles. The zero-order valence-electron chi connectivity index (χ0n) is 22.6. The number of aromatic nitrogens is 3. The standard InChI is InChI=1S/C28H32BrClN4O4S/c1-36-20-11-10-19(24(14-20)37-2)15-34(23-9-7-6-8-22(23)30)25(35)17-33-16-21(29)26-27(33)31-18-32-28(26)38-12-13-39(3,4)5/h6-11,14,16,18H,12-13,15,17H2,1-5H3. The van der Waals surface area contributed by atoms with Crippen molar-refractivity contribution >= 4 is 60.2 Å². The molecule has 0 radical (unpaired) electrons. The first kappa shape index (κ1) is 29.0. The molecule has 2 aromatic heterocycles. The van der Waals surface area contributed by atoms with Crippen molar-refractivity contribution in [3.8, 4) is 17.4 Å². The number of carbonyl (C=O) groups is 1. The van der Waals surface area contributed by atoms with Gasteiger partial charge in [0.2, 0.25) is 11.8 Å². The predicted octanol–water partition coefficient (Wildman–Crippen LogP) is 6.17. The third-order valence-corrected chi connectivity index (χ3v) is 8.39. The molecule has 0 aliphatic rings. The summed E-state index contributed by atoms with van der Waals surface area (Å²) in [5.41, 5.74) is 2.01. The van der Waals surface area contributed by atoms with Crippen LogP contribution >= 0.6 is 37.6 Å². The highest BCUT2D eigenvalue weighted by molar-refractivity contribution is 9.10.